The van der Waals surface area contributed by atoms with E-state index < -0.39 is 0 Å². The molecule has 0 radical (unpaired) electrons. The van der Waals surface area contributed by atoms with Crippen molar-refractivity contribution in [2.75, 3.05) is 14.7 Å². The van der Waals surface area contributed by atoms with Crippen LogP contribution in [0, 0.1) is 0 Å². The van der Waals surface area contributed by atoms with E-state index in [-0.39, 0.29) is 0 Å². The van der Waals surface area contributed by atoms with Gasteiger partial charge in [0.1, 0.15) is 0 Å². The first-order chi connectivity index (χ1) is 29.7. The Morgan fingerprint density at radius 1 is 0.267 bits per heavy atom. The number of thiophene rings is 2. The van der Waals surface area contributed by atoms with Crippen molar-refractivity contribution in [3.63, 3.8) is 0 Å². The molecule has 0 aliphatic heterocycles. The van der Waals surface area contributed by atoms with E-state index in [0.29, 0.717) is 0 Å². The number of nitrogens with zero attached hydrogens (tertiary/aromatic N) is 3. The fourth-order valence-electron chi connectivity index (χ4n) is 8.37. The van der Waals surface area contributed by atoms with Gasteiger partial charge in [-0.25, -0.2) is 0 Å². The highest BCUT2D eigenvalue weighted by molar-refractivity contribution is 7.26. The van der Waals surface area contributed by atoms with Gasteiger partial charge in [-0.3, -0.25) is 0 Å². The summed E-state index contributed by atoms with van der Waals surface area (Å²) < 4.78 is 4.89. The van der Waals surface area contributed by atoms with Crippen molar-refractivity contribution in [3.05, 3.63) is 223 Å². The molecule has 11 rings (SSSR count). The molecule has 0 aliphatic carbocycles. The quantitative estimate of drug-likeness (QED) is 0.144. The van der Waals surface area contributed by atoms with Gasteiger partial charge in [-0.1, -0.05) is 115 Å². The van der Waals surface area contributed by atoms with Gasteiger partial charge in [-0.15, -0.1) is 22.7 Å². The van der Waals surface area contributed by atoms with Crippen molar-refractivity contribution in [2.24, 2.45) is 0 Å². The largest absolute Gasteiger partial charge is 0.310 e. The van der Waals surface area contributed by atoms with Gasteiger partial charge in [0, 0.05) is 91.5 Å². The van der Waals surface area contributed by atoms with Gasteiger partial charge in [-0.05, 0) is 115 Å². The molecule has 2 aromatic heterocycles. The molecule has 0 bridgehead atoms. The zero-order valence-electron chi connectivity index (χ0n) is 32.3. The van der Waals surface area contributed by atoms with Crippen LogP contribution in [-0.2, 0) is 0 Å². The van der Waals surface area contributed by atoms with Gasteiger partial charge >= 0.3 is 0 Å². The summed E-state index contributed by atoms with van der Waals surface area (Å²) in [5.41, 5.74) is 9.75. The van der Waals surface area contributed by atoms with Crippen LogP contribution in [-0.4, -0.2) is 0 Å². The summed E-state index contributed by atoms with van der Waals surface area (Å²) in [6.07, 6.45) is 0. The van der Waals surface area contributed by atoms with E-state index in [1.54, 1.807) is 11.3 Å². The predicted molar refractivity (Wildman–Crippen MR) is 261 cm³/mol. The standard InChI is InChI=1S/C54H36ClN3S2/c55-49-34-45(36-53-54(49)47-26-13-14-27-50(47)60-53)58(40-22-11-4-12-23-40)44-28-30-46-48-33-43(29-31-51(48)59-52(46)35-44)57(39-20-9-3-10-21-39)42-25-15-24-41(32-42)56(37-16-5-1-6-17-37)38-18-7-2-8-19-38/h1-36H. The second-order valence-corrected chi connectivity index (χ2v) is 17.3. The molecule has 3 nitrogen and oxygen atoms in total. The highest BCUT2D eigenvalue weighted by Crippen LogP contribution is 2.47. The van der Waals surface area contributed by atoms with Gasteiger partial charge in [0.25, 0.3) is 0 Å². The molecular formula is C54H36ClN3S2. The molecule has 0 spiro atoms. The molecule has 0 unspecified atom stereocenters. The number of benzene rings is 9. The molecule has 0 fully saturated rings. The molecule has 0 saturated carbocycles. The zero-order chi connectivity index (χ0) is 40.0. The Morgan fingerprint density at radius 2 is 0.700 bits per heavy atom. The smallest absolute Gasteiger partial charge is 0.0519 e. The lowest BCUT2D eigenvalue weighted by Gasteiger charge is -2.29. The highest BCUT2D eigenvalue weighted by Gasteiger charge is 2.21. The van der Waals surface area contributed by atoms with Crippen LogP contribution in [0.2, 0.25) is 5.02 Å². The van der Waals surface area contributed by atoms with Crippen LogP contribution in [0.5, 0.6) is 0 Å². The lowest BCUT2D eigenvalue weighted by molar-refractivity contribution is 1.25. The first-order valence-electron chi connectivity index (χ1n) is 19.9. The van der Waals surface area contributed by atoms with E-state index in [2.05, 4.69) is 233 Å². The Morgan fingerprint density at radius 3 is 1.32 bits per heavy atom. The third-order valence-corrected chi connectivity index (χ3v) is 13.6. The molecule has 286 valence electrons. The summed E-state index contributed by atoms with van der Waals surface area (Å²) in [6, 6.07) is 77.9. The maximum absolute atomic E-state index is 7.13. The van der Waals surface area contributed by atoms with E-state index in [1.165, 1.54) is 35.0 Å². The maximum atomic E-state index is 7.13. The Bertz CT molecular complexity index is 3250. The molecular weight excluding hydrogens is 790 g/mol. The lowest BCUT2D eigenvalue weighted by Crippen LogP contribution is -2.13. The molecule has 0 amide bonds. The Hall–Kier alpha value is -6.89. The minimum Gasteiger partial charge on any atom is -0.310 e. The molecule has 0 aliphatic rings. The first-order valence-corrected chi connectivity index (χ1v) is 22.0. The second-order valence-electron chi connectivity index (χ2n) is 14.7. The van der Waals surface area contributed by atoms with Crippen LogP contribution in [0.3, 0.4) is 0 Å². The predicted octanol–water partition coefficient (Wildman–Crippen LogP) is 17.5. The van der Waals surface area contributed by atoms with E-state index in [1.807, 2.05) is 11.3 Å². The minimum absolute atomic E-state index is 0.762. The summed E-state index contributed by atoms with van der Waals surface area (Å²) in [5, 5.41) is 5.54. The fraction of sp³-hybridized carbons (Fsp3) is 0. The van der Waals surface area contributed by atoms with Crippen LogP contribution in [0.15, 0.2) is 218 Å². The number of rotatable bonds is 9. The number of anilines is 9. The van der Waals surface area contributed by atoms with E-state index >= 15 is 0 Å². The van der Waals surface area contributed by atoms with Crippen molar-refractivity contribution in [3.8, 4) is 0 Å². The minimum atomic E-state index is 0.762. The number of para-hydroxylation sites is 4. The molecule has 0 N–H and O–H groups in total. The normalized spacial score (nSPS) is 11.4. The van der Waals surface area contributed by atoms with Gasteiger partial charge in [0.05, 0.1) is 5.02 Å². The Labute approximate surface area is 361 Å². The second kappa shape index (κ2) is 15.4. The molecule has 9 aromatic carbocycles. The van der Waals surface area contributed by atoms with Gasteiger partial charge < -0.3 is 14.7 Å². The zero-order valence-corrected chi connectivity index (χ0v) is 34.7. The summed E-state index contributed by atoms with van der Waals surface area (Å²) in [6.45, 7) is 0. The summed E-state index contributed by atoms with van der Waals surface area (Å²) in [4.78, 5) is 7.00. The Balaban J connectivity index is 1.02. The topological polar surface area (TPSA) is 9.72 Å². The van der Waals surface area contributed by atoms with Crippen LogP contribution in [0.25, 0.3) is 40.3 Å². The average molecular weight is 826 g/mol. The van der Waals surface area contributed by atoms with Crippen molar-refractivity contribution in [1.29, 1.82) is 0 Å². The van der Waals surface area contributed by atoms with Crippen LogP contribution in [0.4, 0.5) is 51.2 Å². The van der Waals surface area contributed by atoms with Crippen LogP contribution in [0.1, 0.15) is 0 Å². The van der Waals surface area contributed by atoms with E-state index in [4.69, 9.17) is 11.6 Å². The number of hydrogen-bond acceptors (Lipinski definition) is 5. The highest BCUT2D eigenvalue weighted by atomic mass is 35.5. The summed E-state index contributed by atoms with van der Waals surface area (Å²) >= 11 is 10.8. The molecule has 11 aromatic rings. The van der Waals surface area contributed by atoms with Gasteiger partial charge in [-0.2, -0.15) is 0 Å². The molecule has 0 atom stereocenters. The van der Waals surface area contributed by atoms with E-state index in [9.17, 15) is 0 Å². The number of halogens is 1. The molecule has 0 saturated heterocycles. The lowest BCUT2D eigenvalue weighted by atomic mass is 10.1. The number of fused-ring (bicyclic) bond motifs is 6. The SMILES string of the molecule is Clc1cc(N(c2ccccc2)c2ccc3c(c2)sc2ccc(N(c4ccccc4)c4cccc(N(c5ccccc5)c5ccccc5)c4)cc23)cc2sc3ccccc3c12. The summed E-state index contributed by atoms with van der Waals surface area (Å²) in [7, 11) is 0. The van der Waals surface area contributed by atoms with Crippen molar-refractivity contribution in [1.82, 2.24) is 0 Å². The summed E-state index contributed by atoms with van der Waals surface area (Å²) in [5.74, 6) is 0. The van der Waals surface area contributed by atoms with Gasteiger partial charge in [0.2, 0.25) is 0 Å². The first kappa shape index (κ1) is 36.2. The Kier molecular flexibility index (Phi) is 9.28. The third kappa shape index (κ3) is 6.54. The van der Waals surface area contributed by atoms with Gasteiger partial charge in [0.15, 0.2) is 0 Å². The van der Waals surface area contributed by atoms with Crippen molar-refractivity contribution >= 4 is 126 Å². The molecule has 6 heteroatoms. The van der Waals surface area contributed by atoms with Crippen LogP contribution < -0.4 is 14.7 Å². The number of hydrogen-bond donors (Lipinski definition) is 0. The average Bonchev–Trinajstić information content (AvgIpc) is 3.86. The molecule has 60 heavy (non-hydrogen) atoms. The molecule has 2 heterocycles. The third-order valence-electron chi connectivity index (χ3n) is 11.0. The monoisotopic (exact) mass is 825 g/mol. The van der Waals surface area contributed by atoms with Crippen LogP contribution >= 0.6 is 34.3 Å². The fourth-order valence-corrected chi connectivity index (χ4v) is 11.0. The van der Waals surface area contributed by atoms with Crippen molar-refractivity contribution < 1.29 is 0 Å². The maximum Gasteiger partial charge on any atom is 0.0519 e. The van der Waals surface area contributed by atoms with E-state index in [0.717, 1.165) is 61.6 Å². The van der Waals surface area contributed by atoms with Crippen molar-refractivity contribution in [2.45, 2.75) is 0 Å².